The third kappa shape index (κ3) is 1.24. The summed E-state index contributed by atoms with van der Waals surface area (Å²) in [5, 5.41) is 0. The van der Waals surface area contributed by atoms with Gasteiger partial charge in [-0.1, -0.05) is 12.3 Å². The number of nitrogens with two attached hydrogens (primary N) is 1. The molecule has 1 rings (SSSR count). The van der Waals surface area contributed by atoms with E-state index in [4.69, 9.17) is 12.3 Å². The van der Waals surface area contributed by atoms with Crippen molar-refractivity contribution in [3.63, 3.8) is 0 Å². The lowest BCUT2D eigenvalue weighted by Crippen LogP contribution is -2.42. The van der Waals surface area contributed by atoms with E-state index in [0.717, 1.165) is 0 Å². The maximum absolute atomic E-state index is 5.20. The summed E-state index contributed by atoms with van der Waals surface area (Å²) in [7, 11) is 0. The van der Waals surface area contributed by atoms with E-state index >= 15 is 0 Å². The number of terminal acetylenes is 1. The van der Waals surface area contributed by atoms with Crippen LogP contribution in [-0.4, -0.2) is 6.04 Å². The van der Waals surface area contributed by atoms with E-state index in [9.17, 15) is 0 Å². The lowest BCUT2D eigenvalue weighted by Gasteiger charge is -2.29. The van der Waals surface area contributed by atoms with Gasteiger partial charge in [0.2, 0.25) is 0 Å². The Kier molecular flexibility index (Phi) is 2.10. The summed E-state index contributed by atoms with van der Waals surface area (Å²) in [5.41, 5.74) is 2.62. The first-order chi connectivity index (χ1) is 4.38. The Morgan fingerprint density at radius 2 is 2.33 bits per heavy atom. The zero-order valence-electron chi connectivity index (χ0n) is 5.43. The minimum Gasteiger partial charge on any atom is -0.270 e. The second-order valence-corrected chi connectivity index (χ2v) is 2.50. The van der Waals surface area contributed by atoms with Crippen LogP contribution in [0.2, 0.25) is 0 Å². The monoisotopic (exact) mass is 124 g/mol. The molecule has 0 radical (unpaired) electrons. The van der Waals surface area contributed by atoms with Crippen LogP contribution in [0.15, 0.2) is 0 Å². The first-order valence-electron chi connectivity index (χ1n) is 3.30. The number of rotatable bonds is 2. The highest BCUT2D eigenvalue weighted by Crippen LogP contribution is 2.28. The van der Waals surface area contributed by atoms with Gasteiger partial charge < -0.3 is 0 Å². The Morgan fingerprint density at radius 1 is 1.67 bits per heavy atom. The predicted molar refractivity (Wildman–Crippen MR) is 37.3 cm³/mol. The molecular weight excluding hydrogens is 112 g/mol. The molecule has 1 saturated carbocycles. The fourth-order valence-electron chi connectivity index (χ4n) is 1.09. The van der Waals surface area contributed by atoms with Gasteiger partial charge in [-0.05, 0) is 18.8 Å². The summed E-state index contributed by atoms with van der Waals surface area (Å²) < 4.78 is 0. The van der Waals surface area contributed by atoms with Crippen LogP contribution in [0, 0.1) is 18.3 Å². The minimum atomic E-state index is 0.110. The first kappa shape index (κ1) is 6.60. The van der Waals surface area contributed by atoms with Gasteiger partial charge in [0.05, 0.1) is 6.04 Å². The molecule has 1 atom stereocenters. The Balaban J connectivity index is 2.30. The average molecular weight is 124 g/mol. The van der Waals surface area contributed by atoms with Crippen molar-refractivity contribution in [2.75, 3.05) is 0 Å². The third-order valence-corrected chi connectivity index (χ3v) is 1.98. The van der Waals surface area contributed by atoms with Crippen LogP contribution in [0.4, 0.5) is 0 Å². The highest BCUT2D eigenvalue weighted by atomic mass is 15.2. The van der Waals surface area contributed by atoms with E-state index in [1.165, 1.54) is 19.3 Å². The Hall–Kier alpha value is -0.520. The molecule has 1 aliphatic carbocycles. The van der Waals surface area contributed by atoms with Gasteiger partial charge in [0.25, 0.3) is 0 Å². The van der Waals surface area contributed by atoms with Crippen molar-refractivity contribution in [2.45, 2.75) is 25.3 Å². The number of hydrogen-bond donors (Lipinski definition) is 2. The van der Waals surface area contributed by atoms with E-state index in [-0.39, 0.29) is 6.04 Å². The SMILES string of the molecule is C#CC(NN)C1CCC1. The molecule has 0 heterocycles. The van der Waals surface area contributed by atoms with Crippen molar-refractivity contribution in [2.24, 2.45) is 11.8 Å². The fourth-order valence-corrected chi connectivity index (χ4v) is 1.09. The molecule has 9 heavy (non-hydrogen) atoms. The Morgan fingerprint density at radius 3 is 2.44 bits per heavy atom. The van der Waals surface area contributed by atoms with Gasteiger partial charge in [-0.15, -0.1) is 6.42 Å². The summed E-state index contributed by atoms with van der Waals surface area (Å²) in [5.74, 6) is 8.46. The molecule has 0 amide bonds. The van der Waals surface area contributed by atoms with E-state index in [1.807, 2.05) is 0 Å². The van der Waals surface area contributed by atoms with Crippen LogP contribution < -0.4 is 11.3 Å². The van der Waals surface area contributed by atoms with Gasteiger partial charge >= 0.3 is 0 Å². The smallest absolute Gasteiger partial charge is 0.0842 e. The summed E-state index contributed by atoms with van der Waals surface area (Å²) >= 11 is 0. The third-order valence-electron chi connectivity index (χ3n) is 1.98. The minimum absolute atomic E-state index is 0.110. The van der Waals surface area contributed by atoms with Crippen LogP contribution in [-0.2, 0) is 0 Å². The maximum Gasteiger partial charge on any atom is 0.0842 e. The van der Waals surface area contributed by atoms with E-state index < -0.39 is 0 Å². The molecule has 1 aliphatic rings. The quantitative estimate of drug-likeness (QED) is 0.314. The van der Waals surface area contributed by atoms with Crippen molar-refractivity contribution < 1.29 is 0 Å². The second-order valence-electron chi connectivity index (χ2n) is 2.50. The summed E-state index contributed by atoms with van der Waals surface area (Å²) in [6, 6.07) is 0.110. The standard InChI is InChI=1S/C7H12N2/c1-2-7(9-8)6-4-3-5-6/h1,6-7,9H,3-5,8H2. The van der Waals surface area contributed by atoms with Gasteiger partial charge in [-0.25, -0.2) is 5.43 Å². The largest absolute Gasteiger partial charge is 0.270 e. The zero-order valence-corrected chi connectivity index (χ0v) is 5.43. The summed E-state index contributed by atoms with van der Waals surface area (Å²) in [6.07, 6.45) is 8.98. The second kappa shape index (κ2) is 2.86. The molecule has 50 valence electrons. The van der Waals surface area contributed by atoms with E-state index in [2.05, 4.69) is 11.3 Å². The number of nitrogens with one attached hydrogen (secondary N) is 1. The lowest BCUT2D eigenvalue weighted by molar-refractivity contribution is 0.267. The molecule has 3 N–H and O–H groups in total. The van der Waals surface area contributed by atoms with Crippen LogP contribution in [0.25, 0.3) is 0 Å². The molecule has 0 bridgehead atoms. The van der Waals surface area contributed by atoms with Gasteiger partial charge in [0, 0.05) is 0 Å². The Bertz CT molecular complexity index is 121. The fraction of sp³-hybridized carbons (Fsp3) is 0.714. The van der Waals surface area contributed by atoms with Gasteiger partial charge in [-0.3, -0.25) is 5.84 Å². The van der Waals surface area contributed by atoms with Crippen LogP contribution in [0.1, 0.15) is 19.3 Å². The van der Waals surface area contributed by atoms with E-state index in [1.54, 1.807) is 0 Å². The van der Waals surface area contributed by atoms with Gasteiger partial charge in [-0.2, -0.15) is 0 Å². The van der Waals surface area contributed by atoms with Crippen LogP contribution in [0.5, 0.6) is 0 Å². The highest BCUT2D eigenvalue weighted by molar-refractivity contribution is 5.03. The normalized spacial score (nSPS) is 22.2. The van der Waals surface area contributed by atoms with Crippen molar-refractivity contribution in [1.29, 1.82) is 0 Å². The molecule has 0 spiro atoms. The molecule has 2 heteroatoms. The molecule has 0 saturated heterocycles. The van der Waals surface area contributed by atoms with Crippen molar-refractivity contribution in [3.8, 4) is 12.3 Å². The van der Waals surface area contributed by atoms with Crippen molar-refractivity contribution >= 4 is 0 Å². The molecule has 1 fully saturated rings. The van der Waals surface area contributed by atoms with Crippen molar-refractivity contribution in [3.05, 3.63) is 0 Å². The van der Waals surface area contributed by atoms with E-state index in [0.29, 0.717) is 5.92 Å². The molecule has 0 aliphatic heterocycles. The highest BCUT2D eigenvalue weighted by Gasteiger charge is 2.24. The van der Waals surface area contributed by atoms with Crippen molar-refractivity contribution in [1.82, 2.24) is 5.43 Å². The van der Waals surface area contributed by atoms with Gasteiger partial charge in [0.1, 0.15) is 0 Å². The molecule has 0 aromatic heterocycles. The lowest BCUT2D eigenvalue weighted by atomic mass is 9.80. The van der Waals surface area contributed by atoms with Gasteiger partial charge in [0.15, 0.2) is 0 Å². The topological polar surface area (TPSA) is 38.0 Å². The van der Waals surface area contributed by atoms with Crippen LogP contribution in [0.3, 0.4) is 0 Å². The molecule has 0 aromatic rings. The summed E-state index contributed by atoms with van der Waals surface area (Å²) in [6.45, 7) is 0. The molecule has 2 nitrogen and oxygen atoms in total. The zero-order chi connectivity index (χ0) is 6.69. The number of hydrazine groups is 1. The predicted octanol–water partition coefficient (Wildman–Crippen LogP) is 0.252. The molecule has 0 aromatic carbocycles. The Labute approximate surface area is 55.8 Å². The summed E-state index contributed by atoms with van der Waals surface area (Å²) in [4.78, 5) is 0. The molecule has 1 unspecified atom stereocenters. The molecular formula is C7H12N2. The average Bonchev–Trinajstić information content (AvgIpc) is 1.78. The maximum atomic E-state index is 5.20. The number of hydrogen-bond acceptors (Lipinski definition) is 2. The van der Waals surface area contributed by atoms with Crippen LogP contribution >= 0.6 is 0 Å². The first-order valence-corrected chi connectivity index (χ1v) is 3.30.